The Kier molecular flexibility index (Phi) is 17.1. The lowest BCUT2D eigenvalue weighted by Crippen LogP contribution is -2.15. The summed E-state index contributed by atoms with van der Waals surface area (Å²) in [6.45, 7) is 17.4. The van der Waals surface area contributed by atoms with Gasteiger partial charge in [0.15, 0.2) is 0 Å². The minimum absolute atomic E-state index is 0.0330. The summed E-state index contributed by atoms with van der Waals surface area (Å²) < 4.78 is 10.5. The number of hydrogen-bond donors (Lipinski definition) is 2. The fourth-order valence-electron chi connectivity index (χ4n) is 4.28. The van der Waals surface area contributed by atoms with E-state index in [4.69, 9.17) is 9.47 Å². The quantitative estimate of drug-likeness (QED) is 0.181. The van der Waals surface area contributed by atoms with E-state index in [9.17, 15) is 29.4 Å². The van der Waals surface area contributed by atoms with Crippen LogP contribution in [0.3, 0.4) is 0 Å². The molecule has 244 valence electrons. The summed E-state index contributed by atoms with van der Waals surface area (Å²) >= 11 is 0. The maximum Gasteiger partial charge on any atom is 0.339 e. The SMILES string of the molecule is CC(C)CCOC(=O)c1ccccc1C(=O)OCCC(C)C.CC(C)CCc1ccc(C(=O)O)c(C(=O)O)c1CCC(C)C. The number of esters is 2. The topological polar surface area (TPSA) is 127 Å². The molecule has 8 nitrogen and oxygen atoms in total. The fraction of sp³-hybridized carbons (Fsp3) is 0.556. The summed E-state index contributed by atoms with van der Waals surface area (Å²) in [5.74, 6) is -1.40. The number of carbonyl (C=O) groups excluding carboxylic acids is 2. The standard InChI is InChI=1S/2C18H26O4/c1-11(2)5-7-13-8-10-15(17(19)20)16(18(21)22)14(13)9-6-12(3)4;1-13(2)9-11-21-17(19)15-7-5-6-8-16(15)18(20)22-12-10-14(3)4/h8,10-12H,5-7,9H2,1-4H3,(H,19,20)(H,21,22);5-8,13-14H,9-12H2,1-4H3. The number of carbonyl (C=O) groups is 4. The largest absolute Gasteiger partial charge is 0.478 e. The molecule has 0 spiro atoms. The van der Waals surface area contributed by atoms with Crippen LogP contribution >= 0.6 is 0 Å². The number of aryl methyl sites for hydroxylation is 1. The van der Waals surface area contributed by atoms with E-state index in [2.05, 4.69) is 55.4 Å². The van der Waals surface area contributed by atoms with Gasteiger partial charge >= 0.3 is 23.9 Å². The summed E-state index contributed by atoms with van der Waals surface area (Å²) in [5.41, 5.74) is 2.05. The van der Waals surface area contributed by atoms with Gasteiger partial charge in [0.05, 0.1) is 35.5 Å². The third-order valence-electron chi connectivity index (χ3n) is 7.04. The Morgan fingerprint density at radius 1 is 0.568 bits per heavy atom. The van der Waals surface area contributed by atoms with Gasteiger partial charge in [0.2, 0.25) is 0 Å². The zero-order valence-corrected chi connectivity index (χ0v) is 27.8. The van der Waals surface area contributed by atoms with E-state index in [0.717, 1.165) is 37.7 Å². The number of benzene rings is 2. The lowest BCUT2D eigenvalue weighted by atomic mass is 9.88. The Morgan fingerprint density at radius 3 is 1.39 bits per heavy atom. The lowest BCUT2D eigenvalue weighted by Gasteiger charge is -2.16. The van der Waals surface area contributed by atoms with Crippen LogP contribution in [0, 0.1) is 23.7 Å². The summed E-state index contributed by atoms with van der Waals surface area (Å²) in [6, 6.07) is 9.83. The first kappa shape index (κ1) is 38.3. The predicted molar refractivity (Wildman–Crippen MR) is 173 cm³/mol. The molecule has 0 radical (unpaired) electrons. The van der Waals surface area contributed by atoms with Crippen molar-refractivity contribution >= 4 is 23.9 Å². The van der Waals surface area contributed by atoms with Crippen molar-refractivity contribution in [2.24, 2.45) is 23.7 Å². The molecule has 0 heterocycles. The smallest absolute Gasteiger partial charge is 0.339 e. The number of ether oxygens (including phenoxy) is 2. The molecule has 0 saturated carbocycles. The molecule has 0 saturated heterocycles. The van der Waals surface area contributed by atoms with Crippen LogP contribution in [0.1, 0.15) is 134 Å². The Bertz CT molecular complexity index is 1180. The first-order chi connectivity index (χ1) is 20.6. The van der Waals surface area contributed by atoms with Crippen molar-refractivity contribution in [3.8, 4) is 0 Å². The number of aromatic carboxylic acids is 2. The highest BCUT2D eigenvalue weighted by molar-refractivity contribution is 6.03. The van der Waals surface area contributed by atoms with Gasteiger partial charge in [-0.1, -0.05) is 73.6 Å². The summed E-state index contributed by atoms with van der Waals surface area (Å²) in [6.07, 6.45) is 4.79. The molecule has 0 unspecified atom stereocenters. The van der Waals surface area contributed by atoms with E-state index in [0.29, 0.717) is 48.9 Å². The summed E-state index contributed by atoms with van der Waals surface area (Å²) in [7, 11) is 0. The molecular weight excluding hydrogens is 560 g/mol. The van der Waals surface area contributed by atoms with Gasteiger partial charge in [-0.05, 0) is 91.5 Å². The normalized spacial score (nSPS) is 11.0. The summed E-state index contributed by atoms with van der Waals surface area (Å²) in [4.78, 5) is 47.2. The van der Waals surface area contributed by atoms with Crippen molar-refractivity contribution < 1.29 is 38.9 Å². The molecule has 0 aliphatic heterocycles. The van der Waals surface area contributed by atoms with Crippen LogP contribution in [0.15, 0.2) is 36.4 Å². The monoisotopic (exact) mass is 612 g/mol. The van der Waals surface area contributed by atoms with Crippen molar-refractivity contribution in [3.63, 3.8) is 0 Å². The number of hydrogen-bond acceptors (Lipinski definition) is 6. The van der Waals surface area contributed by atoms with Crippen molar-refractivity contribution in [1.82, 2.24) is 0 Å². The molecule has 0 aromatic heterocycles. The second-order valence-electron chi connectivity index (χ2n) is 12.8. The molecule has 0 aliphatic carbocycles. The Balaban J connectivity index is 0.000000440. The zero-order valence-electron chi connectivity index (χ0n) is 27.8. The number of rotatable bonds is 16. The third kappa shape index (κ3) is 13.7. The minimum atomic E-state index is -1.18. The van der Waals surface area contributed by atoms with Crippen LogP contribution in [0.2, 0.25) is 0 Å². The first-order valence-corrected chi connectivity index (χ1v) is 15.7. The van der Waals surface area contributed by atoms with Gasteiger partial charge < -0.3 is 19.7 Å². The van der Waals surface area contributed by atoms with Crippen LogP contribution in [-0.2, 0) is 22.3 Å². The van der Waals surface area contributed by atoms with E-state index in [1.165, 1.54) is 6.07 Å². The predicted octanol–water partition coefficient (Wildman–Crippen LogP) is 8.35. The summed E-state index contributed by atoms with van der Waals surface area (Å²) in [5, 5.41) is 18.8. The molecule has 0 bridgehead atoms. The van der Waals surface area contributed by atoms with Crippen molar-refractivity contribution in [3.05, 3.63) is 69.8 Å². The van der Waals surface area contributed by atoms with Crippen LogP contribution < -0.4 is 0 Å². The first-order valence-electron chi connectivity index (χ1n) is 15.7. The average molecular weight is 613 g/mol. The highest BCUT2D eigenvalue weighted by Gasteiger charge is 2.23. The molecule has 2 aromatic carbocycles. The third-order valence-corrected chi connectivity index (χ3v) is 7.04. The molecule has 2 N–H and O–H groups in total. The van der Waals surface area contributed by atoms with Crippen molar-refractivity contribution in [1.29, 1.82) is 0 Å². The fourth-order valence-corrected chi connectivity index (χ4v) is 4.28. The Hall–Kier alpha value is -3.68. The lowest BCUT2D eigenvalue weighted by molar-refractivity contribution is 0.0440. The maximum absolute atomic E-state index is 12.1. The Morgan fingerprint density at radius 2 is 1.00 bits per heavy atom. The van der Waals surface area contributed by atoms with E-state index in [1.807, 2.05) is 0 Å². The van der Waals surface area contributed by atoms with Crippen LogP contribution in [0.4, 0.5) is 0 Å². The highest BCUT2D eigenvalue weighted by Crippen LogP contribution is 2.25. The molecular formula is C36H52O8. The van der Waals surface area contributed by atoms with E-state index in [-0.39, 0.29) is 22.3 Å². The molecule has 0 atom stereocenters. The Labute approximate surface area is 263 Å². The van der Waals surface area contributed by atoms with Gasteiger partial charge in [0.25, 0.3) is 0 Å². The molecule has 0 amide bonds. The van der Waals surface area contributed by atoms with E-state index < -0.39 is 23.9 Å². The van der Waals surface area contributed by atoms with Gasteiger partial charge in [0, 0.05) is 0 Å². The van der Waals surface area contributed by atoms with Crippen LogP contribution in [-0.4, -0.2) is 47.3 Å². The van der Waals surface area contributed by atoms with Crippen molar-refractivity contribution in [2.45, 2.75) is 93.9 Å². The molecule has 44 heavy (non-hydrogen) atoms. The maximum atomic E-state index is 12.1. The molecule has 8 heteroatoms. The average Bonchev–Trinajstić information content (AvgIpc) is 2.94. The van der Waals surface area contributed by atoms with Crippen LogP contribution in [0.25, 0.3) is 0 Å². The number of carboxylic acids is 2. The van der Waals surface area contributed by atoms with Gasteiger partial charge in [-0.15, -0.1) is 0 Å². The zero-order chi connectivity index (χ0) is 33.4. The second-order valence-corrected chi connectivity index (χ2v) is 12.8. The highest BCUT2D eigenvalue weighted by atomic mass is 16.5. The second kappa shape index (κ2) is 19.6. The van der Waals surface area contributed by atoms with Gasteiger partial charge in [-0.2, -0.15) is 0 Å². The molecule has 2 rings (SSSR count). The molecule has 2 aromatic rings. The van der Waals surface area contributed by atoms with Gasteiger partial charge in [-0.25, -0.2) is 19.2 Å². The molecule has 0 aliphatic rings. The van der Waals surface area contributed by atoms with E-state index in [1.54, 1.807) is 30.3 Å². The van der Waals surface area contributed by atoms with Crippen LogP contribution in [0.5, 0.6) is 0 Å². The van der Waals surface area contributed by atoms with Gasteiger partial charge in [-0.3, -0.25) is 0 Å². The van der Waals surface area contributed by atoms with Gasteiger partial charge in [0.1, 0.15) is 0 Å². The van der Waals surface area contributed by atoms with Crippen molar-refractivity contribution in [2.75, 3.05) is 13.2 Å². The molecule has 0 fully saturated rings. The minimum Gasteiger partial charge on any atom is -0.478 e. The number of carboxylic acid groups (broad SMARTS) is 2. The van der Waals surface area contributed by atoms with E-state index >= 15 is 0 Å².